The van der Waals surface area contributed by atoms with E-state index in [9.17, 15) is 27.9 Å². The second-order valence-electron chi connectivity index (χ2n) is 8.38. The highest BCUT2D eigenvalue weighted by Gasteiger charge is 2.39. The Balaban J connectivity index is 1.79. The zero-order chi connectivity index (χ0) is 27.8. The van der Waals surface area contributed by atoms with Crippen molar-refractivity contribution in [3.05, 3.63) is 80.7 Å². The first-order valence-electron chi connectivity index (χ1n) is 11.0. The van der Waals surface area contributed by atoms with Gasteiger partial charge in [0, 0.05) is 29.7 Å². The van der Waals surface area contributed by atoms with E-state index in [4.69, 9.17) is 23.2 Å². The van der Waals surface area contributed by atoms with Gasteiger partial charge in [-0.2, -0.15) is 13.2 Å². The number of hydrogen-bond acceptors (Lipinski definition) is 6. The van der Waals surface area contributed by atoms with E-state index in [0.29, 0.717) is 25.9 Å². The highest BCUT2D eigenvalue weighted by atomic mass is 35.5. The van der Waals surface area contributed by atoms with Crippen molar-refractivity contribution in [2.24, 2.45) is 0 Å². The van der Waals surface area contributed by atoms with Crippen LogP contribution in [-0.2, 0) is 13.1 Å². The number of halogens is 5. The molecule has 2 aromatic heterocycles. The Labute approximate surface area is 223 Å². The molecule has 0 aliphatic carbocycles. The van der Waals surface area contributed by atoms with E-state index in [1.165, 1.54) is 47.9 Å². The first-order valence-corrected chi connectivity index (χ1v) is 11.7. The third-order valence-electron chi connectivity index (χ3n) is 5.35. The van der Waals surface area contributed by atoms with Crippen LogP contribution in [0.2, 0.25) is 10.0 Å². The summed E-state index contributed by atoms with van der Waals surface area (Å²) in [5.74, 6) is -0.711. The van der Waals surface area contributed by atoms with E-state index in [0.717, 1.165) is 4.68 Å². The molecule has 0 saturated heterocycles. The van der Waals surface area contributed by atoms with Gasteiger partial charge in [0.05, 0.1) is 12.2 Å². The Morgan fingerprint density at radius 3 is 2.37 bits per heavy atom. The predicted octanol–water partition coefficient (Wildman–Crippen LogP) is 3.27. The third-order valence-corrected chi connectivity index (χ3v) is 5.84. The highest BCUT2D eigenvalue weighted by molar-refractivity contribution is 6.31. The number of rotatable bonds is 7. The van der Waals surface area contributed by atoms with Crippen molar-refractivity contribution < 1.29 is 23.1 Å². The zero-order valence-electron chi connectivity index (χ0n) is 19.9. The minimum Gasteiger partial charge on any atom is -0.382 e. The Hall–Kier alpha value is -3.68. The third kappa shape index (κ3) is 5.74. The monoisotopic (exact) mass is 569 g/mol. The number of benzene rings is 2. The summed E-state index contributed by atoms with van der Waals surface area (Å²) in [6.07, 6.45) is -7.77. The smallest absolute Gasteiger partial charge is 0.382 e. The van der Waals surface area contributed by atoms with E-state index in [-0.39, 0.29) is 24.0 Å². The molecular formula is C23H20Cl2F3N7O3. The number of hydrogen-bond donors (Lipinski definition) is 1. The summed E-state index contributed by atoms with van der Waals surface area (Å²) in [6, 6.07) is 12.4. The average Bonchev–Trinajstić information content (AvgIpc) is 3.40. The summed E-state index contributed by atoms with van der Waals surface area (Å²) in [5.41, 5.74) is -0.229. The van der Waals surface area contributed by atoms with Gasteiger partial charge in [0.1, 0.15) is 6.54 Å². The number of carbonyl (C=O) groups excluding carboxylic acids is 1. The lowest BCUT2D eigenvalue weighted by Gasteiger charge is -2.15. The predicted molar refractivity (Wildman–Crippen MR) is 132 cm³/mol. The van der Waals surface area contributed by atoms with Gasteiger partial charge in [0.2, 0.25) is 5.82 Å². The highest BCUT2D eigenvalue weighted by Crippen LogP contribution is 2.24. The molecule has 0 bridgehead atoms. The maximum atomic E-state index is 13.1. The number of aliphatic hydroxyl groups excluding tert-OH is 1. The van der Waals surface area contributed by atoms with Gasteiger partial charge in [0.15, 0.2) is 17.8 Å². The van der Waals surface area contributed by atoms with Gasteiger partial charge in [-0.25, -0.2) is 19.1 Å². The summed E-state index contributed by atoms with van der Waals surface area (Å²) < 4.78 is 42.1. The fraction of sp³-hybridized carbons (Fsp3) is 0.261. The molecule has 0 unspecified atom stereocenters. The van der Waals surface area contributed by atoms with Crippen molar-refractivity contribution >= 4 is 29.1 Å². The Morgan fingerprint density at radius 2 is 1.76 bits per heavy atom. The molecule has 0 radical (unpaired) electrons. The van der Waals surface area contributed by atoms with Crippen molar-refractivity contribution in [3.8, 4) is 17.1 Å². The van der Waals surface area contributed by atoms with Gasteiger partial charge >= 0.3 is 11.9 Å². The molecule has 0 fully saturated rings. The van der Waals surface area contributed by atoms with Crippen molar-refractivity contribution in [1.82, 2.24) is 34.0 Å². The first-order chi connectivity index (χ1) is 17.8. The van der Waals surface area contributed by atoms with Crippen LogP contribution in [0.25, 0.3) is 17.1 Å². The molecule has 2 heterocycles. The Bertz CT molecular complexity index is 1530. The SMILES string of the molecule is CN(C)C(=O)c1nc(Cn2nc(-c3ccc(Cl)cc3)n(C[C@H](O)C(F)(F)F)c2=O)nn1-c1cccc(Cl)c1. The van der Waals surface area contributed by atoms with Crippen LogP contribution in [0.1, 0.15) is 16.4 Å². The fourth-order valence-corrected chi connectivity index (χ4v) is 3.79. The lowest BCUT2D eigenvalue weighted by molar-refractivity contribution is -0.207. The molecule has 38 heavy (non-hydrogen) atoms. The summed E-state index contributed by atoms with van der Waals surface area (Å²) in [5, 5.41) is 18.9. The maximum absolute atomic E-state index is 13.1. The summed E-state index contributed by atoms with van der Waals surface area (Å²) in [4.78, 5) is 31.5. The molecule has 10 nitrogen and oxygen atoms in total. The number of aromatic nitrogens is 6. The molecule has 0 spiro atoms. The van der Waals surface area contributed by atoms with Crippen molar-refractivity contribution in [2.45, 2.75) is 25.4 Å². The van der Waals surface area contributed by atoms with Crippen molar-refractivity contribution in [1.29, 1.82) is 0 Å². The number of nitrogens with zero attached hydrogens (tertiary/aromatic N) is 7. The van der Waals surface area contributed by atoms with Crippen LogP contribution < -0.4 is 5.69 Å². The minimum atomic E-state index is -4.96. The Morgan fingerprint density at radius 1 is 1.08 bits per heavy atom. The van der Waals surface area contributed by atoms with Gasteiger partial charge in [-0.3, -0.25) is 9.36 Å². The quantitative estimate of drug-likeness (QED) is 0.365. The van der Waals surface area contributed by atoms with E-state index in [1.54, 1.807) is 24.3 Å². The summed E-state index contributed by atoms with van der Waals surface area (Å²) in [6.45, 7) is -1.47. The van der Waals surface area contributed by atoms with Crippen molar-refractivity contribution in [3.63, 3.8) is 0 Å². The number of aliphatic hydroxyl groups is 1. The van der Waals surface area contributed by atoms with Crippen LogP contribution in [0, 0.1) is 0 Å². The number of carbonyl (C=O) groups is 1. The van der Waals surface area contributed by atoms with E-state index in [1.807, 2.05) is 0 Å². The van der Waals surface area contributed by atoms with E-state index < -0.39 is 30.4 Å². The van der Waals surface area contributed by atoms with Crippen LogP contribution in [-0.4, -0.2) is 71.4 Å². The summed E-state index contributed by atoms with van der Waals surface area (Å²) in [7, 11) is 3.05. The van der Waals surface area contributed by atoms with Crippen LogP contribution in [0.4, 0.5) is 13.2 Å². The molecule has 2 aromatic carbocycles. The van der Waals surface area contributed by atoms with Crippen molar-refractivity contribution in [2.75, 3.05) is 14.1 Å². The van der Waals surface area contributed by atoms with Gasteiger partial charge in [-0.1, -0.05) is 29.3 Å². The maximum Gasteiger partial charge on any atom is 0.416 e. The standard InChI is InChI=1S/C23H20Cl2F3N7O3/c1-32(2)21(37)20-29-18(30-35(20)16-5-3-4-15(25)10-16)12-34-22(38)33(11-17(36)23(26,27)28)19(31-34)13-6-8-14(24)9-7-13/h3-10,17,36H,11-12H2,1-2H3/t17-/m0/s1. The van der Waals surface area contributed by atoms with E-state index in [2.05, 4.69) is 15.2 Å². The molecule has 200 valence electrons. The molecule has 0 aliphatic heterocycles. The van der Waals surface area contributed by atoms with Crippen LogP contribution in [0.5, 0.6) is 0 Å². The molecule has 0 saturated carbocycles. The molecular weight excluding hydrogens is 550 g/mol. The summed E-state index contributed by atoms with van der Waals surface area (Å²) >= 11 is 12.0. The molecule has 0 aliphatic rings. The second-order valence-corrected chi connectivity index (χ2v) is 9.25. The van der Waals surface area contributed by atoms with Crippen LogP contribution in [0.15, 0.2) is 53.3 Å². The van der Waals surface area contributed by atoms with Crippen LogP contribution in [0.3, 0.4) is 0 Å². The fourth-order valence-electron chi connectivity index (χ4n) is 3.48. The topological polar surface area (TPSA) is 111 Å². The molecule has 1 atom stereocenters. The number of alkyl halides is 3. The first kappa shape index (κ1) is 27.4. The van der Waals surface area contributed by atoms with E-state index >= 15 is 0 Å². The normalized spacial score (nSPS) is 12.5. The largest absolute Gasteiger partial charge is 0.416 e. The lowest BCUT2D eigenvalue weighted by atomic mass is 10.2. The zero-order valence-corrected chi connectivity index (χ0v) is 21.4. The molecule has 15 heteroatoms. The van der Waals surface area contributed by atoms with Gasteiger partial charge in [-0.15, -0.1) is 10.2 Å². The second kappa shape index (κ2) is 10.6. The molecule has 1 amide bonds. The lowest BCUT2D eigenvalue weighted by Crippen LogP contribution is -2.37. The minimum absolute atomic E-state index is 0.0130. The van der Waals surface area contributed by atoms with Crippen LogP contribution >= 0.6 is 23.2 Å². The van der Waals surface area contributed by atoms with Gasteiger partial charge in [0.25, 0.3) is 5.91 Å². The molecule has 4 aromatic rings. The Kier molecular flexibility index (Phi) is 7.63. The average molecular weight is 570 g/mol. The molecule has 1 N–H and O–H groups in total. The van der Waals surface area contributed by atoms with Gasteiger partial charge < -0.3 is 10.0 Å². The molecule has 4 rings (SSSR count). The number of amides is 1. The van der Waals surface area contributed by atoms with Gasteiger partial charge in [-0.05, 0) is 42.5 Å².